The Morgan fingerprint density at radius 1 is 0.0993 bits per heavy atom. The number of benzene rings is 24. The molecule has 28 rings (SSSR count). The summed E-state index contributed by atoms with van der Waals surface area (Å²) in [7, 11) is 0. The minimum absolute atomic E-state index is 0.589. The van der Waals surface area contributed by atoms with E-state index in [9.17, 15) is 0 Å². The van der Waals surface area contributed by atoms with Crippen LogP contribution in [0.5, 0.6) is 0 Å². The van der Waals surface area contributed by atoms with Crippen LogP contribution in [0.3, 0.4) is 0 Å². The third-order valence-electron chi connectivity index (χ3n) is 29.2. The Balaban J connectivity index is 0.502. The van der Waals surface area contributed by atoms with Gasteiger partial charge in [0.15, 0.2) is 17.5 Å². The number of rotatable bonds is 15. The van der Waals surface area contributed by atoms with E-state index in [4.69, 9.17) is 15.0 Å². The molecule has 0 unspecified atom stereocenters. The quantitative estimate of drug-likeness (QED) is 0.0961. The zero-order valence-electron chi connectivity index (χ0n) is 76.7. The van der Waals surface area contributed by atoms with Crippen LogP contribution in [-0.2, 0) is 0 Å². The Morgan fingerprint density at radius 2 is 0.305 bits per heavy atom. The molecule has 0 atom stereocenters. The Bertz CT molecular complexity index is 9930. The van der Waals surface area contributed by atoms with Crippen molar-refractivity contribution in [3.63, 3.8) is 0 Å². The Labute approximate surface area is 813 Å². The first-order valence-electron chi connectivity index (χ1n) is 48.4. The summed E-state index contributed by atoms with van der Waals surface area (Å²) in [5.41, 5.74) is 33.4. The molecule has 141 heavy (non-hydrogen) atoms. The van der Waals surface area contributed by atoms with Gasteiger partial charge < -0.3 is 13.7 Å². The summed E-state index contributed by atoms with van der Waals surface area (Å²) in [5, 5.41) is 22.4. The highest BCUT2D eigenvalue weighted by Crippen LogP contribution is 2.47. The fourth-order valence-corrected chi connectivity index (χ4v) is 22.4. The van der Waals surface area contributed by atoms with Gasteiger partial charge in [-0.05, 0) is 310 Å². The van der Waals surface area contributed by atoms with Crippen molar-refractivity contribution in [1.29, 1.82) is 0 Å². The number of hydrogen-bond donors (Lipinski definition) is 0. The van der Waals surface area contributed by atoms with Gasteiger partial charge in [0.1, 0.15) is 0 Å². The molecule has 4 heterocycles. The molecule has 0 N–H and O–H groups in total. The maximum Gasteiger partial charge on any atom is 0.164 e. The molecular weight excluding hydrogens is 1710 g/mol. The molecule has 6 heteroatoms. The van der Waals surface area contributed by atoms with Gasteiger partial charge in [0.05, 0.1) is 33.1 Å². The van der Waals surface area contributed by atoms with E-state index in [1.165, 1.54) is 141 Å². The number of para-hydroxylation sites is 4. The second-order valence-electron chi connectivity index (χ2n) is 37.3. The van der Waals surface area contributed by atoms with Crippen LogP contribution in [0.15, 0.2) is 510 Å². The average Bonchev–Trinajstić information content (AvgIpc) is 1.65. The van der Waals surface area contributed by atoms with Crippen LogP contribution in [0.25, 0.3) is 281 Å². The van der Waals surface area contributed by atoms with Gasteiger partial charge in [-0.3, -0.25) is 0 Å². The highest BCUT2D eigenvalue weighted by atomic mass is 15.0. The molecule has 28 aromatic rings. The largest absolute Gasteiger partial charge is 0.309 e. The van der Waals surface area contributed by atoms with Gasteiger partial charge in [-0.1, -0.05) is 364 Å². The second kappa shape index (κ2) is 33.1. The van der Waals surface area contributed by atoms with Crippen LogP contribution in [-0.4, -0.2) is 28.7 Å². The minimum atomic E-state index is 0.589. The zero-order valence-corrected chi connectivity index (χ0v) is 76.7. The highest BCUT2D eigenvalue weighted by Gasteiger charge is 2.24. The summed E-state index contributed by atoms with van der Waals surface area (Å²) < 4.78 is 7.26. The van der Waals surface area contributed by atoms with Gasteiger partial charge in [0, 0.05) is 66.1 Å². The Morgan fingerprint density at radius 3 is 0.688 bits per heavy atom. The van der Waals surface area contributed by atoms with Crippen molar-refractivity contribution in [3.8, 4) is 151 Å². The van der Waals surface area contributed by atoms with E-state index in [1.54, 1.807) is 0 Å². The van der Waals surface area contributed by atoms with Gasteiger partial charge in [0.2, 0.25) is 0 Å². The highest BCUT2D eigenvalue weighted by molar-refractivity contribution is 6.28. The van der Waals surface area contributed by atoms with E-state index in [-0.39, 0.29) is 0 Å². The average molecular weight is 1790 g/mol. The third-order valence-corrected chi connectivity index (χ3v) is 29.2. The van der Waals surface area contributed by atoms with Crippen molar-refractivity contribution in [2.75, 3.05) is 0 Å². The van der Waals surface area contributed by atoms with Crippen molar-refractivity contribution in [3.05, 3.63) is 510 Å². The molecule has 24 aromatic carbocycles. The van der Waals surface area contributed by atoms with E-state index in [1.807, 2.05) is 18.2 Å². The smallest absolute Gasteiger partial charge is 0.164 e. The molecule has 0 saturated heterocycles. The fraction of sp³-hybridized carbons (Fsp3) is 0. The molecular formula is C135H84N6. The van der Waals surface area contributed by atoms with Crippen molar-refractivity contribution < 1.29 is 0 Å². The van der Waals surface area contributed by atoms with Crippen LogP contribution < -0.4 is 0 Å². The number of fused-ring (bicyclic) bond motifs is 21. The SMILES string of the molecule is c1ccc(-c2nc(-c3cccc(-c4cccc(-c5cc(-c6ccc(-c7ccc(-n8c9ccccc9c9cc(-n%10c%11ccccc%11c%11cc(-c%12ccc%13c(c%12)c%12ccccc%12n%13-c%12ccccc%12)ccc%11%10)ccc98)cc7)cc6)cc(-c6cccc(-c7ccc8c9ccccc9c9ccccc9c8c7)c6)c5)c4)c3)nc(-c3cccc(-c4cccc(-c5ccc6c7ccccc7c7ccccc7c6c5)c4)c3)n2)cc1. The monoisotopic (exact) mass is 1790 g/mol. The van der Waals surface area contributed by atoms with Crippen LogP contribution in [0.4, 0.5) is 0 Å². The molecule has 0 aliphatic carbocycles. The molecule has 6 nitrogen and oxygen atoms in total. The predicted octanol–water partition coefficient (Wildman–Crippen LogP) is 36.1. The van der Waals surface area contributed by atoms with Crippen LogP contribution >= 0.6 is 0 Å². The van der Waals surface area contributed by atoms with Gasteiger partial charge >= 0.3 is 0 Å². The number of nitrogens with zero attached hydrogens (tertiary/aromatic N) is 6. The molecule has 0 aliphatic rings. The predicted molar refractivity (Wildman–Crippen MR) is 593 cm³/mol. The van der Waals surface area contributed by atoms with E-state index in [2.05, 4.69) is 505 Å². The lowest BCUT2D eigenvalue weighted by atomic mass is 9.90. The third kappa shape index (κ3) is 13.8. The van der Waals surface area contributed by atoms with Crippen LogP contribution in [0.1, 0.15) is 0 Å². The fourth-order valence-electron chi connectivity index (χ4n) is 22.4. The van der Waals surface area contributed by atoms with Gasteiger partial charge in [-0.15, -0.1) is 0 Å². The summed E-state index contributed by atoms with van der Waals surface area (Å²) in [6.07, 6.45) is 0. The molecule has 0 fully saturated rings. The summed E-state index contributed by atoms with van der Waals surface area (Å²) in [4.78, 5) is 15.9. The summed E-state index contributed by atoms with van der Waals surface area (Å²) in [5.74, 6) is 1.79. The van der Waals surface area contributed by atoms with E-state index < -0.39 is 0 Å². The van der Waals surface area contributed by atoms with Gasteiger partial charge in [0.25, 0.3) is 0 Å². The first-order chi connectivity index (χ1) is 69.8. The first-order valence-corrected chi connectivity index (χ1v) is 48.4. The van der Waals surface area contributed by atoms with Crippen molar-refractivity contribution in [1.82, 2.24) is 28.7 Å². The van der Waals surface area contributed by atoms with Gasteiger partial charge in [-0.25, -0.2) is 15.0 Å². The minimum Gasteiger partial charge on any atom is -0.309 e. The van der Waals surface area contributed by atoms with Crippen molar-refractivity contribution in [2.45, 2.75) is 0 Å². The molecule has 0 saturated carbocycles. The second-order valence-corrected chi connectivity index (χ2v) is 37.3. The summed E-state index contributed by atoms with van der Waals surface area (Å²) in [6.45, 7) is 0. The summed E-state index contributed by atoms with van der Waals surface area (Å²) >= 11 is 0. The van der Waals surface area contributed by atoms with Crippen molar-refractivity contribution in [2.24, 2.45) is 0 Å². The topological polar surface area (TPSA) is 53.5 Å². The maximum atomic E-state index is 5.38. The lowest BCUT2D eigenvalue weighted by molar-refractivity contribution is 1.07. The maximum absolute atomic E-state index is 5.38. The Kier molecular flexibility index (Phi) is 18.9. The molecule has 4 aromatic heterocycles. The van der Waals surface area contributed by atoms with E-state index in [0.717, 1.165) is 123 Å². The summed E-state index contributed by atoms with van der Waals surface area (Å²) in [6, 6.07) is 187. The number of aromatic nitrogens is 6. The number of hydrogen-bond acceptors (Lipinski definition) is 3. The zero-order chi connectivity index (χ0) is 92.7. The van der Waals surface area contributed by atoms with Crippen LogP contribution in [0, 0.1) is 0 Å². The molecule has 654 valence electrons. The van der Waals surface area contributed by atoms with E-state index in [0.29, 0.717) is 17.5 Å². The lowest BCUT2D eigenvalue weighted by Gasteiger charge is -2.15. The first kappa shape index (κ1) is 80.7. The molecule has 0 aliphatic heterocycles. The van der Waals surface area contributed by atoms with Gasteiger partial charge in [-0.2, -0.15) is 0 Å². The lowest BCUT2D eigenvalue weighted by Crippen LogP contribution is -2.00. The van der Waals surface area contributed by atoms with Crippen LogP contribution in [0.2, 0.25) is 0 Å². The normalized spacial score (nSPS) is 11.8. The van der Waals surface area contributed by atoms with Crippen molar-refractivity contribution >= 4 is 130 Å². The molecule has 0 spiro atoms. The van der Waals surface area contributed by atoms with E-state index >= 15 is 0 Å². The molecule has 0 amide bonds. The Hall–Kier alpha value is -18.8. The molecule has 0 radical (unpaired) electrons. The standard InChI is InChI=1S/C135H84N6/c1-3-26-88(27-4-1)133-136-134(101-36-24-32-93(75-101)89-28-21-30-91(72-89)97-60-67-117-113-44-9-7-40-109(113)111-42-11-13-46-115(111)122(117)80-97)138-135(137-133)102-37-25-33-94(76-102)90-29-22-34-95(73-90)104-77-103(78-105(79-104)96-35-23-31-92(74-96)98-61-68-118-114-45-10-8-41-110(114)112-43-12-14-47-116(112)123(118)81-98)87-56-54-85(55-57-87)86-58-64-107(65-59-86)140-128-52-19-17-50-121(128)126-84-108(66-71-132(126)140)141-129-53-20-16-49-120(129)125-83-100(63-70-131(125)141)99-62-69-130-124(82-99)119-48-15-18-51-127(119)139(130)106-38-5-2-6-39-106/h1-84H. The molecule has 0 bridgehead atoms.